The Morgan fingerprint density at radius 2 is 2.47 bits per heavy atom. The molecule has 2 N–H and O–H groups in total. The first-order chi connectivity index (χ1) is 8.28. The van der Waals surface area contributed by atoms with Crippen LogP contribution in [0, 0.1) is 0 Å². The summed E-state index contributed by atoms with van der Waals surface area (Å²) in [5.41, 5.74) is 1.21. The maximum absolute atomic E-state index is 11.7. The third-order valence-corrected chi connectivity index (χ3v) is 4.66. The van der Waals surface area contributed by atoms with Gasteiger partial charge in [0.05, 0.1) is 4.88 Å². The van der Waals surface area contributed by atoms with Gasteiger partial charge in [-0.2, -0.15) is 11.3 Å². The van der Waals surface area contributed by atoms with Crippen LogP contribution in [0.2, 0.25) is 0 Å². The quantitative estimate of drug-likeness (QED) is 0.878. The molecule has 1 atom stereocenters. The molecule has 2 aromatic rings. The maximum Gasteiger partial charge on any atom is 0.226 e. The summed E-state index contributed by atoms with van der Waals surface area (Å²) in [6, 6.07) is 2.08. The predicted molar refractivity (Wildman–Crippen MR) is 71.1 cm³/mol. The van der Waals surface area contributed by atoms with Crippen molar-refractivity contribution in [2.45, 2.75) is 12.3 Å². The molecule has 3 heterocycles. The number of anilines is 2. The van der Waals surface area contributed by atoms with Crippen LogP contribution < -0.4 is 10.6 Å². The number of nitrogens with one attached hydrogen (secondary N) is 2. The largest absolute Gasteiger partial charge is 0.365 e. The zero-order valence-electron chi connectivity index (χ0n) is 9.19. The summed E-state index contributed by atoms with van der Waals surface area (Å²) in [5.74, 6) is 0.915. The molecule has 1 aliphatic rings. The normalized spacial score (nSPS) is 18.6. The number of fused-ring (bicyclic) bond motifs is 1. The topological polar surface area (TPSA) is 54.0 Å². The summed E-state index contributed by atoms with van der Waals surface area (Å²) in [5, 5.41) is 10.8. The highest BCUT2D eigenvalue weighted by atomic mass is 32.1. The third-order valence-electron chi connectivity index (χ3n) is 2.78. The molecule has 0 fully saturated rings. The van der Waals surface area contributed by atoms with E-state index in [4.69, 9.17) is 0 Å². The van der Waals surface area contributed by atoms with E-state index in [2.05, 4.69) is 27.1 Å². The zero-order chi connectivity index (χ0) is 11.8. The number of hydrogen-bond donors (Lipinski definition) is 2. The van der Waals surface area contributed by atoms with E-state index in [0.717, 1.165) is 10.0 Å². The lowest BCUT2D eigenvalue weighted by atomic mass is 9.94. The van der Waals surface area contributed by atoms with Crippen molar-refractivity contribution in [2.75, 3.05) is 17.7 Å². The van der Waals surface area contributed by atoms with E-state index in [1.807, 2.05) is 12.4 Å². The van der Waals surface area contributed by atoms with E-state index in [0.29, 0.717) is 12.2 Å². The second kappa shape index (κ2) is 4.12. The fraction of sp³-hybridized carbons (Fsp3) is 0.273. The minimum absolute atomic E-state index is 0.0432. The van der Waals surface area contributed by atoms with Gasteiger partial charge in [-0.05, 0) is 22.4 Å². The van der Waals surface area contributed by atoms with Crippen molar-refractivity contribution in [1.29, 1.82) is 0 Å². The summed E-state index contributed by atoms with van der Waals surface area (Å²) >= 11 is 3.27. The molecule has 17 heavy (non-hydrogen) atoms. The SMILES string of the molecule is CNc1nc2c(s1)[C@H](c1ccsc1)CC(=O)N2. The summed E-state index contributed by atoms with van der Waals surface area (Å²) in [6.45, 7) is 0. The third kappa shape index (κ3) is 1.83. The van der Waals surface area contributed by atoms with Gasteiger partial charge in [0.15, 0.2) is 5.13 Å². The van der Waals surface area contributed by atoms with Gasteiger partial charge in [0.2, 0.25) is 5.91 Å². The number of rotatable bonds is 2. The number of hydrogen-bond acceptors (Lipinski definition) is 5. The lowest BCUT2D eigenvalue weighted by Gasteiger charge is -2.20. The molecule has 1 amide bonds. The van der Waals surface area contributed by atoms with Crippen LogP contribution in [0.1, 0.15) is 22.8 Å². The van der Waals surface area contributed by atoms with Crippen molar-refractivity contribution in [2.24, 2.45) is 0 Å². The Kier molecular flexibility index (Phi) is 2.60. The number of carbonyl (C=O) groups excluding carboxylic acids is 1. The molecule has 0 aromatic carbocycles. The fourth-order valence-electron chi connectivity index (χ4n) is 1.97. The molecule has 88 valence electrons. The summed E-state index contributed by atoms with van der Waals surface area (Å²) in [4.78, 5) is 17.2. The number of thiazole rings is 1. The highest BCUT2D eigenvalue weighted by Crippen LogP contribution is 2.42. The molecular formula is C11H11N3OS2. The standard InChI is InChI=1S/C11H11N3OS2/c1-12-11-14-10-9(17-11)7(4-8(15)13-10)6-2-3-16-5-6/h2-3,5,7H,4H2,1H3,(H,12,14)(H,13,15)/t7-/m0/s1. The Hall–Kier alpha value is -1.40. The van der Waals surface area contributed by atoms with Crippen LogP contribution in [0.4, 0.5) is 10.9 Å². The lowest BCUT2D eigenvalue weighted by molar-refractivity contribution is -0.116. The van der Waals surface area contributed by atoms with Crippen LogP contribution >= 0.6 is 22.7 Å². The van der Waals surface area contributed by atoms with E-state index < -0.39 is 0 Å². The molecule has 0 bridgehead atoms. The smallest absolute Gasteiger partial charge is 0.226 e. The summed E-state index contributed by atoms with van der Waals surface area (Å²) in [7, 11) is 1.84. The minimum Gasteiger partial charge on any atom is -0.365 e. The number of carbonyl (C=O) groups is 1. The number of aromatic nitrogens is 1. The van der Waals surface area contributed by atoms with E-state index in [1.54, 1.807) is 22.7 Å². The number of thiophene rings is 1. The van der Waals surface area contributed by atoms with Crippen molar-refractivity contribution in [3.8, 4) is 0 Å². The molecule has 2 aromatic heterocycles. The molecule has 1 aliphatic heterocycles. The fourth-order valence-corrected chi connectivity index (χ4v) is 3.68. The predicted octanol–water partition coefficient (Wildman–Crippen LogP) is 2.72. The van der Waals surface area contributed by atoms with Gasteiger partial charge in [0, 0.05) is 19.4 Å². The van der Waals surface area contributed by atoms with Crippen molar-refractivity contribution in [3.63, 3.8) is 0 Å². The van der Waals surface area contributed by atoms with Crippen LogP contribution in [-0.2, 0) is 4.79 Å². The van der Waals surface area contributed by atoms with Crippen molar-refractivity contribution in [1.82, 2.24) is 4.98 Å². The Balaban J connectivity index is 2.07. The lowest BCUT2D eigenvalue weighted by Crippen LogP contribution is -2.22. The van der Waals surface area contributed by atoms with Crippen LogP contribution in [0.5, 0.6) is 0 Å². The monoisotopic (exact) mass is 265 g/mol. The van der Waals surface area contributed by atoms with Crippen LogP contribution in [0.3, 0.4) is 0 Å². The molecule has 0 radical (unpaired) electrons. The van der Waals surface area contributed by atoms with Gasteiger partial charge in [-0.25, -0.2) is 4.98 Å². The van der Waals surface area contributed by atoms with Gasteiger partial charge in [0.1, 0.15) is 5.82 Å². The van der Waals surface area contributed by atoms with E-state index in [-0.39, 0.29) is 11.8 Å². The van der Waals surface area contributed by atoms with Gasteiger partial charge in [-0.1, -0.05) is 11.3 Å². The summed E-state index contributed by atoms with van der Waals surface area (Å²) in [6.07, 6.45) is 0.509. The first kappa shape index (κ1) is 10.7. The minimum atomic E-state index is 0.0432. The van der Waals surface area contributed by atoms with Gasteiger partial charge < -0.3 is 10.6 Å². The molecule has 0 spiro atoms. The Morgan fingerprint density at radius 3 is 3.18 bits per heavy atom. The molecule has 0 unspecified atom stereocenters. The maximum atomic E-state index is 11.7. The number of amides is 1. The molecular weight excluding hydrogens is 254 g/mol. The Labute approximate surface area is 107 Å². The van der Waals surface area contributed by atoms with Crippen molar-refractivity contribution >= 4 is 39.5 Å². The van der Waals surface area contributed by atoms with E-state index >= 15 is 0 Å². The number of nitrogens with zero attached hydrogens (tertiary/aromatic N) is 1. The van der Waals surface area contributed by atoms with E-state index in [1.165, 1.54) is 5.56 Å². The second-order valence-corrected chi connectivity index (χ2v) is 5.65. The van der Waals surface area contributed by atoms with E-state index in [9.17, 15) is 4.79 Å². The first-order valence-electron chi connectivity index (χ1n) is 5.28. The average Bonchev–Trinajstić information content (AvgIpc) is 2.96. The van der Waals surface area contributed by atoms with Crippen molar-refractivity contribution < 1.29 is 4.79 Å². The van der Waals surface area contributed by atoms with Gasteiger partial charge in [-0.15, -0.1) is 0 Å². The molecule has 4 nitrogen and oxygen atoms in total. The Morgan fingerprint density at radius 1 is 1.59 bits per heavy atom. The van der Waals surface area contributed by atoms with Crippen LogP contribution in [-0.4, -0.2) is 17.9 Å². The molecule has 0 saturated carbocycles. The second-order valence-electron chi connectivity index (χ2n) is 3.84. The Bertz CT molecular complexity index is 547. The summed E-state index contributed by atoms with van der Waals surface area (Å²) < 4.78 is 0. The molecule has 0 aliphatic carbocycles. The molecule has 0 saturated heterocycles. The van der Waals surface area contributed by atoms with Crippen LogP contribution in [0.15, 0.2) is 16.8 Å². The van der Waals surface area contributed by atoms with Gasteiger partial charge in [0.25, 0.3) is 0 Å². The van der Waals surface area contributed by atoms with Crippen molar-refractivity contribution in [3.05, 3.63) is 27.3 Å². The van der Waals surface area contributed by atoms with Gasteiger partial charge >= 0.3 is 0 Å². The zero-order valence-corrected chi connectivity index (χ0v) is 10.8. The highest BCUT2D eigenvalue weighted by Gasteiger charge is 2.30. The van der Waals surface area contributed by atoms with Gasteiger partial charge in [-0.3, -0.25) is 4.79 Å². The molecule has 6 heteroatoms. The highest BCUT2D eigenvalue weighted by molar-refractivity contribution is 7.16. The molecule has 3 rings (SSSR count). The average molecular weight is 265 g/mol. The van der Waals surface area contributed by atoms with Crippen LogP contribution in [0.25, 0.3) is 0 Å². The first-order valence-corrected chi connectivity index (χ1v) is 7.04.